The topological polar surface area (TPSA) is 47.6 Å². The van der Waals surface area contributed by atoms with E-state index in [1.54, 1.807) is 26.4 Å². The Morgan fingerprint density at radius 2 is 2.05 bits per heavy atom. The summed E-state index contributed by atoms with van der Waals surface area (Å²) in [4.78, 5) is 11.4. The zero-order valence-electron chi connectivity index (χ0n) is 12.1. The Labute approximate surface area is 129 Å². The van der Waals surface area contributed by atoms with Gasteiger partial charge in [-0.2, -0.15) is 0 Å². The van der Waals surface area contributed by atoms with E-state index >= 15 is 0 Å². The first-order valence-corrected chi connectivity index (χ1v) is 7.42. The molecule has 0 radical (unpaired) electrons. The van der Waals surface area contributed by atoms with Gasteiger partial charge >= 0.3 is 0 Å². The summed E-state index contributed by atoms with van der Waals surface area (Å²) in [5, 5.41) is 2.93. The van der Waals surface area contributed by atoms with Gasteiger partial charge < -0.3 is 14.8 Å². The van der Waals surface area contributed by atoms with Crippen LogP contribution in [0.1, 0.15) is 24.8 Å². The minimum absolute atomic E-state index is 0.00137. The third-order valence-corrected chi connectivity index (χ3v) is 4.96. The van der Waals surface area contributed by atoms with Crippen molar-refractivity contribution in [2.75, 3.05) is 14.2 Å². The van der Waals surface area contributed by atoms with Crippen molar-refractivity contribution in [3.8, 4) is 11.5 Å². The lowest BCUT2D eigenvalue weighted by Crippen LogP contribution is -2.34. The third-order valence-electron chi connectivity index (χ3n) is 4.31. The highest BCUT2D eigenvalue weighted by molar-refractivity contribution is 6.36. The van der Waals surface area contributed by atoms with Crippen molar-refractivity contribution in [2.45, 2.75) is 24.1 Å². The summed E-state index contributed by atoms with van der Waals surface area (Å²) in [7, 11) is 3.15. The lowest BCUT2D eigenvalue weighted by atomic mass is 9.80. The number of ether oxygens (including phenoxy) is 2. The first-order valence-electron chi connectivity index (χ1n) is 7.04. The van der Waals surface area contributed by atoms with Gasteiger partial charge in [-0.1, -0.05) is 12.1 Å². The molecule has 2 unspecified atom stereocenters. The third kappa shape index (κ3) is 2.09. The molecule has 1 aliphatic heterocycles. The van der Waals surface area contributed by atoms with Crippen LogP contribution in [-0.4, -0.2) is 20.1 Å². The molecule has 3 rings (SSSR count). The monoisotopic (exact) mass is 307 g/mol. The summed E-state index contributed by atoms with van der Waals surface area (Å²) < 4.78 is 10.6. The lowest BCUT2D eigenvalue weighted by molar-refractivity contribution is -0.121. The Morgan fingerprint density at radius 3 is 2.76 bits per heavy atom. The largest absolute Gasteiger partial charge is 0.493 e. The number of alkyl halides is 1. The van der Waals surface area contributed by atoms with Crippen molar-refractivity contribution in [1.29, 1.82) is 0 Å². The van der Waals surface area contributed by atoms with Crippen LogP contribution in [0.2, 0.25) is 0 Å². The van der Waals surface area contributed by atoms with Gasteiger partial charge in [0.1, 0.15) is 0 Å². The number of allylic oxidation sites excluding steroid dienone is 2. The normalized spacial score (nSPS) is 27.7. The second-order valence-electron chi connectivity index (χ2n) is 5.38. The van der Waals surface area contributed by atoms with Crippen LogP contribution in [0.5, 0.6) is 11.5 Å². The second-order valence-corrected chi connectivity index (χ2v) is 5.97. The highest BCUT2D eigenvalue weighted by Gasteiger charge is 2.53. The van der Waals surface area contributed by atoms with Crippen LogP contribution in [0.25, 0.3) is 0 Å². The van der Waals surface area contributed by atoms with E-state index in [1.165, 1.54) is 0 Å². The van der Waals surface area contributed by atoms with Crippen LogP contribution in [0.3, 0.4) is 0 Å². The summed E-state index contributed by atoms with van der Waals surface area (Å²) in [5.74, 6) is 1.04. The van der Waals surface area contributed by atoms with Crippen molar-refractivity contribution < 1.29 is 14.3 Å². The summed E-state index contributed by atoms with van der Waals surface area (Å²) >= 11 is 6.80. The van der Waals surface area contributed by atoms with E-state index < -0.39 is 4.87 Å². The standard InChI is InChI=1S/C16H18ClNO3/c1-20-13-8-7-10(9-14(13)21-2)16(17)11-5-3-4-6-12(11)18-15(16)19/h6-9,11H,3-5H2,1-2H3,(H,18,19). The average Bonchev–Trinajstić information content (AvgIpc) is 2.79. The van der Waals surface area contributed by atoms with E-state index in [0.717, 1.165) is 30.5 Å². The van der Waals surface area contributed by atoms with E-state index in [1.807, 2.05) is 6.07 Å². The molecule has 0 bridgehead atoms. The zero-order chi connectivity index (χ0) is 15.0. The molecular formula is C16H18ClNO3. The first-order chi connectivity index (χ1) is 10.1. The van der Waals surface area contributed by atoms with E-state index in [0.29, 0.717) is 11.5 Å². The molecular weight excluding hydrogens is 290 g/mol. The second kappa shape index (κ2) is 5.26. The molecule has 0 saturated carbocycles. The highest BCUT2D eigenvalue weighted by atomic mass is 35.5. The number of benzene rings is 1. The maximum Gasteiger partial charge on any atom is 0.250 e. The van der Waals surface area contributed by atoms with E-state index in [2.05, 4.69) is 11.4 Å². The molecule has 1 amide bonds. The number of carbonyl (C=O) groups is 1. The minimum Gasteiger partial charge on any atom is -0.493 e. The fourth-order valence-electron chi connectivity index (χ4n) is 3.20. The fraction of sp³-hybridized carbons (Fsp3) is 0.438. The number of hydrogen-bond donors (Lipinski definition) is 1. The van der Waals surface area contributed by atoms with Crippen LogP contribution in [0.4, 0.5) is 0 Å². The number of fused-ring (bicyclic) bond motifs is 1. The van der Waals surface area contributed by atoms with E-state index in [4.69, 9.17) is 21.1 Å². The van der Waals surface area contributed by atoms with Crippen molar-refractivity contribution in [3.05, 3.63) is 35.5 Å². The summed E-state index contributed by atoms with van der Waals surface area (Å²) in [6.07, 6.45) is 5.02. The van der Waals surface area contributed by atoms with Gasteiger partial charge in [0.2, 0.25) is 0 Å². The molecule has 4 nitrogen and oxygen atoms in total. The van der Waals surface area contributed by atoms with Crippen LogP contribution < -0.4 is 14.8 Å². The Hall–Kier alpha value is -1.68. The van der Waals surface area contributed by atoms with Gasteiger partial charge in [-0.15, -0.1) is 11.6 Å². The number of halogens is 1. The molecule has 1 aliphatic carbocycles. The minimum atomic E-state index is -1.06. The summed E-state index contributed by atoms with van der Waals surface area (Å²) in [6, 6.07) is 5.42. The fourth-order valence-corrected chi connectivity index (χ4v) is 3.60. The number of amides is 1. The Kier molecular flexibility index (Phi) is 3.57. The van der Waals surface area contributed by atoms with Crippen LogP contribution in [0, 0.1) is 5.92 Å². The molecule has 1 N–H and O–H groups in total. The van der Waals surface area contributed by atoms with Gasteiger partial charge in [-0.05, 0) is 37.0 Å². The molecule has 1 aromatic carbocycles. The van der Waals surface area contributed by atoms with Gasteiger partial charge in [-0.3, -0.25) is 4.79 Å². The Morgan fingerprint density at radius 1 is 1.29 bits per heavy atom. The van der Waals surface area contributed by atoms with Gasteiger partial charge in [0.15, 0.2) is 16.4 Å². The Balaban J connectivity index is 2.07. The predicted molar refractivity (Wildman–Crippen MR) is 80.6 cm³/mol. The quantitative estimate of drug-likeness (QED) is 0.873. The molecule has 1 aromatic rings. The van der Waals surface area contributed by atoms with Crippen molar-refractivity contribution in [2.24, 2.45) is 5.92 Å². The maximum absolute atomic E-state index is 12.5. The van der Waals surface area contributed by atoms with Gasteiger partial charge in [0.05, 0.1) is 14.2 Å². The van der Waals surface area contributed by atoms with E-state index in [9.17, 15) is 4.79 Å². The van der Waals surface area contributed by atoms with Crippen LogP contribution in [-0.2, 0) is 9.67 Å². The van der Waals surface area contributed by atoms with Crippen LogP contribution in [0.15, 0.2) is 30.0 Å². The summed E-state index contributed by atoms with van der Waals surface area (Å²) in [6.45, 7) is 0. The highest BCUT2D eigenvalue weighted by Crippen LogP contribution is 2.50. The molecule has 2 atom stereocenters. The molecule has 1 saturated heterocycles. The van der Waals surface area contributed by atoms with E-state index in [-0.39, 0.29) is 11.8 Å². The van der Waals surface area contributed by atoms with Gasteiger partial charge in [-0.25, -0.2) is 0 Å². The molecule has 0 spiro atoms. The van der Waals surface area contributed by atoms with Gasteiger partial charge in [0, 0.05) is 11.6 Å². The number of nitrogens with one attached hydrogen (secondary N) is 1. The maximum atomic E-state index is 12.5. The number of rotatable bonds is 3. The van der Waals surface area contributed by atoms with Gasteiger partial charge in [0.25, 0.3) is 5.91 Å². The van der Waals surface area contributed by atoms with Crippen molar-refractivity contribution in [1.82, 2.24) is 5.32 Å². The lowest BCUT2D eigenvalue weighted by Gasteiger charge is -2.28. The zero-order valence-corrected chi connectivity index (χ0v) is 12.9. The van der Waals surface area contributed by atoms with Crippen LogP contribution >= 0.6 is 11.6 Å². The van der Waals surface area contributed by atoms with Crippen molar-refractivity contribution in [3.63, 3.8) is 0 Å². The molecule has 112 valence electrons. The molecule has 2 aliphatic rings. The molecule has 5 heteroatoms. The summed E-state index contributed by atoms with van der Waals surface area (Å²) in [5.41, 5.74) is 1.70. The molecule has 1 fully saturated rings. The first kappa shape index (κ1) is 14.3. The molecule has 21 heavy (non-hydrogen) atoms. The average molecular weight is 308 g/mol. The smallest absolute Gasteiger partial charge is 0.250 e. The molecule has 0 aromatic heterocycles. The number of methoxy groups -OCH3 is 2. The molecule has 1 heterocycles. The van der Waals surface area contributed by atoms with Crippen molar-refractivity contribution >= 4 is 17.5 Å². The number of hydrogen-bond acceptors (Lipinski definition) is 3. The Bertz CT molecular complexity index is 614. The predicted octanol–water partition coefficient (Wildman–Crippen LogP) is 2.95. The number of carbonyl (C=O) groups excluding carboxylic acids is 1. The SMILES string of the molecule is COc1ccc(C2(Cl)C(=O)NC3=CCCCC32)cc1OC.